The third-order valence-corrected chi connectivity index (χ3v) is 6.03. The fraction of sp³-hybridized carbons (Fsp3) is 0.308. The van der Waals surface area contributed by atoms with Gasteiger partial charge in [-0.2, -0.15) is 5.10 Å². The van der Waals surface area contributed by atoms with E-state index in [1.54, 1.807) is 17.3 Å². The van der Waals surface area contributed by atoms with Crippen molar-refractivity contribution < 1.29 is 23.1 Å². The summed E-state index contributed by atoms with van der Waals surface area (Å²) in [4.78, 5) is 12.6. The van der Waals surface area contributed by atoms with Gasteiger partial charge in [0.1, 0.15) is 17.3 Å². The highest BCUT2D eigenvalue weighted by molar-refractivity contribution is 5.85. The van der Waals surface area contributed by atoms with Crippen molar-refractivity contribution in [3.05, 3.63) is 82.7 Å². The highest BCUT2D eigenvalue weighted by Gasteiger charge is 2.39. The summed E-state index contributed by atoms with van der Waals surface area (Å²) in [6, 6.07) is 6.88. The van der Waals surface area contributed by atoms with Crippen molar-refractivity contribution in [3.8, 4) is 11.1 Å². The molecular formula is C26H26F3N3O2. The van der Waals surface area contributed by atoms with Gasteiger partial charge in [0, 0.05) is 36.0 Å². The third kappa shape index (κ3) is 4.92. The lowest BCUT2D eigenvalue weighted by molar-refractivity contribution is -0.131. The molecule has 0 amide bonds. The minimum absolute atomic E-state index is 0.0126. The molecule has 1 aliphatic rings. The molecule has 0 radical (unpaired) electrons. The van der Waals surface area contributed by atoms with E-state index < -0.39 is 29.3 Å². The van der Waals surface area contributed by atoms with E-state index in [2.05, 4.69) is 10.2 Å². The second-order valence-corrected chi connectivity index (χ2v) is 9.32. The van der Waals surface area contributed by atoms with E-state index >= 15 is 8.78 Å². The molecule has 8 heteroatoms. The second-order valence-electron chi connectivity index (χ2n) is 9.32. The Morgan fingerprint density at radius 2 is 1.94 bits per heavy atom. The number of fused-ring (bicyclic) bond motifs is 1. The van der Waals surface area contributed by atoms with Gasteiger partial charge in [-0.15, -0.1) is 0 Å². The molecule has 0 saturated carbocycles. The number of rotatable bonds is 6. The number of nitrogens with zero attached hydrogens (tertiary/aromatic N) is 2. The summed E-state index contributed by atoms with van der Waals surface area (Å²) in [6.07, 6.45) is 6.02. The van der Waals surface area contributed by atoms with Crippen LogP contribution in [0.4, 0.5) is 13.2 Å². The average Bonchev–Trinajstić information content (AvgIpc) is 3.27. The Hall–Kier alpha value is -3.39. The van der Waals surface area contributed by atoms with Gasteiger partial charge in [0.25, 0.3) is 0 Å². The van der Waals surface area contributed by atoms with Crippen LogP contribution in [0.5, 0.6) is 0 Å². The molecule has 0 unspecified atom stereocenters. The maximum absolute atomic E-state index is 15.4. The second kappa shape index (κ2) is 9.10. The highest BCUT2D eigenvalue weighted by Crippen LogP contribution is 2.42. The Bertz CT molecular complexity index is 1210. The first-order valence-electron chi connectivity index (χ1n) is 11.0. The highest BCUT2D eigenvalue weighted by atomic mass is 19.1. The first kappa shape index (κ1) is 23.8. The molecule has 5 nitrogen and oxygen atoms in total. The number of carboxylic acid groups (broad SMARTS) is 1. The number of H-pyrrole nitrogens is 1. The maximum atomic E-state index is 15.4. The predicted octanol–water partition coefficient (Wildman–Crippen LogP) is 5.54. The van der Waals surface area contributed by atoms with E-state index in [9.17, 15) is 9.18 Å². The van der Waals surface area contributed by atoms with Crippen LogP contribution in [0, 0.1) is 11.6 Å². The minimum atomic E-state index is -1.59. The van der Waals surface area contributed by atoms with Crippen molar-refractivity contribution in [2.45, 2.75) is 44.9 Å². The zero-order chi connectivity index (χ0) is 24.6. The molecule has 2 aromatic carbocycles. The quantitative estimate of drug-likeness (QED) is 0.466. The van der Waals surface area contributed by atoms with Crippen molar-refractivity contribution in [1.82, 2.24) is 15.1 Å². The van der Waals surface area contributed by atoms with E-state index in [0.717, 1.165) is 41.0 Å². The van der Waals surface area contributed by atoms with Crippen LogP contribution >= 0.6 is 0 Å². The summed E-state index contributed by atoms with van der Waals surface area (Å²) in [6.45, 7) is 4.80. The van der Waals surface area contributed by atoms with Crippen molar-refractivity contribution in [3.63, 3.8) is 0 Å². The van der Waals surface area contributed by atoms with E-state index in [4.69, 9.17) is 5.11 Å². The van der Waals surface area contributed by atoms with E-state index in [1.165, 1.54) is 13.8 Å². The monoisotopic (exact) mass is 469 g/mol. The number of carboxylic acids is 1. The summed E-state index contributed by atoms with van der Waals surface area (Å²) < 4.78 is 45.6. The van der Waals surface area contributed by atoms with Gasteiger partial charge in [-0.3, -0.25) is 10.00 Å². The molecule has 0 bridgehead atoms. The van der Waals surface area contributed by atoms with Gasteiger partial charge in [0.15, 0.2) is 0 Å². The molecule has 1 aliphatic heterocycles. The molecule has 3 aromatic rings. The van der Waals surface area contributed by atoms with Crippen LogP contribution in [0.15, 0.2) is 48.8 Å². The van der Waals surface area contributed by atoms with Crippen LogP contribution in [0.3, 0.4) is 0 Å². The van der Waals surface area contributed by atoms with Crippen LogP contribution in [0.25, 0.3) is 17.2 Å². The number of benzene rings is 2. The number of aromatic amines is 1. The van der Waals surface area contributed by atoms with E-state index in [0.29, 0.717) is 12.0 Å². The SMILES string of the molecule is C[C@@H]1Cc2cc(-c3cn[nH]c3)ccc2[C@@H](c2c(F)cc(/C=C/C(=O)O)cc2F)N1CC(C)(C)F. The van der Waals surface area contributed by atoms with Gasteiger partial charge in [-0.05, 0) is 67.7 Å². The molecule has 0 fully saturated rings. The van der Waals surface area contributed by atoms with Gasteiger partial charge < -0.3 is 5.11 Å². The summed E-state index contributed by atoms with van der Waals surface area (Å²) in [5.74, 6) is -2.84. The first-order valence-corrected chi connectivity index (χ1v) is 11.0. The Balaban J connectivity index is 1.86. The number of hydrogen-bond donors (Lipinski definition) is 2. The normalized spacial score (nSPS) is 18.9. The number of aliphatic carboxylic acids is 1. The fourth-order valence-electron chi connectivity index (χ4n) is 4.64. The number of carbonyl (C=O) groups is 1. The molecular weight excluding hydrogens is 443 g/mol. The molecule has 34 heavy (non-hydrogen) atoms. The summed E-state index contributed by atoms with van der Waals surface area (Å²) in [7, 11) is 0. The largest absolute Gasteiger partial charge is 0.478 e. The van der Waals surface area contributed by atoms with Gasteiger partial charge in [-0.1, -0.05) is 18.2 Å². The molecule has 0 saturated heterocycles. The number of aromatic nitrogens is 2. The van der Waals surface area contributed by atoms with Crippen molar-refractivity contribution in [2.75, 3.05) is 6.54 Å². The van der Waals surface area contributed by atoms with Crippen LogP contribution in [0.1, 0.15) is 49.1 Å². The predicted molar refractivity (Wildman–Crippen MR) is 124 cm³/mol. The lowest BCUT2D eigenvalue weighted by Gasteiger charge is -2.44. The molecule has 1 aromatic heterocycles. The summed E-state index contributed by atoms with van der Waals surface area (Å²) in [5.41, 5.74) is 1.79. The molecule has 2 N–H and O–H groups in total. The lowest BCUT2D eigenvalue weighted by Crippen LogP contribution is -2.48. The number of hydrogen-bond acceptors (Lipinski definition) is 3. The summed E-state index contributed by atoms with van der Waals surface area (Å²) >= 11 is 0. The number of nitrogens with one attached hydrogen (secondary N) is 1. The Morgan fingerprint density at radius 3 is 2.53 bits per heavy atom. The number of alkyl halides is 1. The molecule has 0 aliphatic carbocycles. The zero-order valence-corrected chi connectivity index (χ0v) is 19.1. The molecule has 178 valence electrons. The number of halogens is 3. The van der Waals surface area contributed by atoms with Crippen molar-refractivity contribution in [1.29, 1.82) is 0 Å². The standard InChI is InChI=1S/C26H26F3N3O2/c1-15-8-18-11-17(19-12-30-31-13-19)5-6-20(18)25(32(15)14-26(2,3)29)24-21(27)9-16(10-22(24)28)4-7-23(33)34/h4-7,9-13,15,25H,8,14H2,1-3H3,(H,30,31)(H,33,34)/b7-4+/t15-,25+/m1/s1. The van der Waals surface area contributed by atoms with E-state index in [-0.39, 0.29) is 23.7 Å². The smallest absolute Gasteiger partial charge is 0.328 e. The molecule has 0 spiro atoms. The van der Waals surface area contributed by atoms with Crippen LogP contribution in [-0.4, -0.2) is 44.4 Å². The lowest BCUT2D eigenvalue weighted by atomic mass is 9.82. The van der Waals surface area contributed by atoms with Crippen LogP contribution in [0.2, 0.25) is 0 Å². The van der Waals surface area contributed by atoms with Gasteiger partial charge >= 0.3 is 5.97 Å². The van der Waals surface area contributed by atoms with Gasteiger partial charge in [0.2, 0.25) is 0 Å². The van der Waals surface area contributed by atoms with Gasteiger partial charge in [-0.25, -0.2) is 18.0 Å². The van der Waals surface area contributed by atoms with Crippen molar-refractivity contribution >= 4 is 12.0 Å². The Kier molecular flexibility index (Phi) is 6.36. The Labute approximate surface area is 195 Å². The van der Waals surface area contributed by atoms with Crippen LogP contribution in [-0.2, 0) is 11.2 Å². The van der Waals surface area contributed by atoms with Crippen molar-refractivity contribution in [2.24, 2.45) is 0 Å². The summed E-state index contributed by atoms with van der Waals surface area (Å²) in [5, 5.41) is 15.6. The van der Waals surface area contributed by atoms with Crippen LogP contribution < -0.4 is 0 Å². The third-order valence-electron chi connectivity index (χ3n) is 6.03. The average molecular weight is 470 g/mol. The maximum Gasteiger partial charge on any atom is 0.328 e. The topological polar surface area (TPSA) is 69.2 Å². The fourth-order valence-corrected chi connectivity index (χ4v) is 4.64. The molecule has 2 atom stereocenters. The molecule has 4 rings (SSSR count). The van der Waals surface area contributed by atoms with E-state index in [1.807, 2.05) is 25.1 Å². The zero-order valence-electron chi connectivity index (χ0n) is 19.1. The molecule has 2 heterocycles. The first-order chi connectivity index (χ1) is 16.0. The van der Waals surface area contributed by atoms with Gasteiger partial charge in [0.05, 0.1) is 12.2 Å². The Morgan fingerprint density at radius 1 is 1.24 bits per heavy atom. The minimum Gasteiger partial charge on any atom is -0.478 e.